The molecular weight excluding hydrogens is 324 g/mol. The number of carbonyl (C=O) groups is 2. The first-order chi connectivity index (χ1) is 11.6. The molecule has 0 radical (unpaired) electrons. The average Bonchev–Trinajstić information content (AvgIpc) is 2.54. The van der Waals surface area contributed by atoms with Gasteiger partial charge in [0.05, 0.1) is 5.60 Å². The van der Waals surface area contributed by atoms with Crippen molar-refractivity contribution in [3.8, 4) is 0 Å². The van der Waals surface area contributed by atoms with E-state index in [0.29, 0.717) is 25.9 Å². The van der Waals surface area contributed by atoms with Crippen molar-refractivity contribution < 1.29 is 24.5 Å². The smallest absolute Gasteiger partial charge is 0.410 e. The summed E-state index contributed by atoms with van der Waals surface area (Å²) in [6.07, 6.45) is 2.08. The van der Waals surface area contributed by atoms with E-state index in [1.807, 2.05) is 0 Å². The first-order valence-corrected chi connectivity index (χ1v) is 9.23. The van der Waals surface area contributed by atoms with Crippen molar-refractivity contribution in [2.45, 2.75) is 57.7 Å². The van der Waals surface area contributed by atoms with Crippen LogP contribution in [-0.2, 0) is 9.53 Å². The number of ether oxygens (including phenoxy) is 1. The molecule has 4 rings (SSSR count). The predicted molar refractivity (Wildman–Crippen MR) is 91.2 cm³/mol. The van der Waals surface area contributed by atoms with Gasteiger partial charge >= 0.3 is 12.1 Å². The van der Waals surface area contributed by atoms with Crippen molar-refractivity contribution in [1.29, 1.82) is 0 Å². The number of aliphatic carboxylic acids is 1. The standard InChI is InChI=1S/C18H30N2O5/c1-16(2,3)25-15(23)20-8-4-7-17(11-20,14(21)22)18(24)12-19-9-5-13(18)6-10-19/h13,24H,4-12H2,1-3H3,(H,21,22). The molecule has 0 aromatic carbocycles. The van der Waals surface area contributed by atoms with Crippen LogP contribution in [0.3, 0.4) is 0 Å². The fourth-order valence-corrected chi connectivity index (χ4v) is 4.83. The third-order valence-corrected chi connectivity index (χ3v) is 6.11. The number of carboxylic acid groups (broad SMARTS) is 1. The molecule has 2 N–H and O–H groups in total. The molecular formula is C18H30N2O5. The number of fused-ring (bicyclic) bond motifs is 3. The largest absolute Gasteiger partial charge is 0.481 e. The van der Waals surface area contributed by atoms with E-state index in [9.17, 15) is 19.8 Å². The van der Waals surface area contributed by atoms with Crippen LogP contribution in [0.25, 0.3) is 0 Å². The van der Waals surface area contributed by atoms with Gasteiger partial charge in [-0.25, -0.2) is 4.79 Å². The van der Waals surface area contributed by atoms with Crippen molar-refractivity contribution >= 4 is 12.1 Å². The molecule has 1 amide bonds. The van der Waals surface area contributed by atoms with Gasteiger partial charge in [-0.05, 0) is 65.5 Å². The van der Waals surface area contributed by atoms with Gasteiger partial charge in [-0.3, -0.25) is 4.79 Å². The summed E-state index contributed by atoms with van der Waals surface area (Å²) >= 11 is 0. The number of likely N-dealkylation sites (tertiary alicyclic amines) is 1. The van der Waals surface area contributed by atoms with E-state index in [-0.39, 0.29) is 12.5 Å². The second kappa shape index (κ2) is 6.13. The van der Waals surface area contributed by atoms with Gasteiger partial charge in [0.1, 0.15) is 11.0 Å². The average molecular weight is 354 g/mol. The van der Waals surface area contributed by atoms with Crippen molar-refractivity contribution in [2.24, 2.45) is 11.3 Å². The Kier molecular flexibility index (Phi) is 4.52. The molecule has 0 saturated carbocycles. The number of carboxylic acids is 1. The Hall–Kier alpha value is -1.34. The van der Waals surface area contributed by atoms with E-state index in [0.717, 1.165) is 25.9 Å². The first kappa shape index (κ1) is 18.5. The number of nitrogens with zero attached hydrogens (tertiary/aromatic N) is 2. The molecule has 142 valence electrons. The van der Waals surface area contributed by atoms with Crippen LogP contribution in [0.5, 0.6) is 0 Å². The van der Waals surface area contributed by atoms with Gasteiger partial charge < -0.3 is 24.7 Å². The minimum absolute atomic E-state index is 0.0120. The van der Waals surface area contributed by atoms with Crippen molar-refractivity contribution in [3.63, 3.8) is 0 Å². The Morgan fingerprint density at radius 1 is 1.12 bits per heavy atom. The van der Waals surface area contributed by atoms with Crippen LogP contribution in [0, 0.1) is 11.3 Å². The molecule has 0 aromatic heterocycles. The maximum atomic E-state index is 12.5. The van der Waals surface area contributed by atoms with Crippen LogP contribution in [0.1, 0.15) is 46.5 Å². The quantitative estimate of drug-likeness (QED) is 0.782. The lowest BCUT2D eigenvalue weighted by atomic mass is 9.57. The van der Waals surface area contributed by atoms with Crippen LogP contribution in [0.2, 0.25) is 0 Å². The Balaban J connectivity index is 1.87. The molecule has 7 nitrogen and oxygen atoms in total. The molecule has 2 bridgehead atoms. The normalized spacial score (nSPS) is 38.5. The second-order valence-electron chi connectivity index (χ2n) is 8.87. The van der Waals surface area contributed by atoms with Crippen molar-refractivity contribution in [1.82, 2.24) is 9.80 Å². The zero-order valence-electron chi connectivity index (χ0n) is 15.5. The maximum absolute atomic E-state index is 12.5. The molecule has 4 aliphatic heterocycles. The minimum atomic E-state index is -1.33. The van der Waals surface area contributed by atoms with E-state index >= 15 is 0 Å². The van der Waals surface area contributed by atoms with Crippen LogP contribution >= 0.6 is 0 Å². The number of rotatable bonds is 2. The zero-order valence-corrected chi connectivity index (χ0v) is 15.5. The Morgan fingerprint density at radius 2 is 1.76 bits per heavy atom. The lowest BCUT2D eigenvalue weighted by molar-refractivity contribution is -0.215. The summed E-state index contributed by atoms with van der Waals surface area (Å²) in [4.78, 5) is 28.5. The lowest BCUT2D eigenvalue weighted by Gasteiger charge is -2.59. The molecule has 2 unspecified atom stereocenters. The fraction of sp³-hybridized carbons (Fsp3) is 0.889. The van der Waals surface area contributed by atoms with Crippen molar-refractivity contribution in [3.05, 3.63) is 0 Å². The van der Waals surface area contributed by atoms with Crippen LogP contribution < -0.4 is 0 Å². The van der Waals surface area contributed by atoms with E-state index in [4.69, 9.17) is 4.74 Å². The van der Waals surface area contributed by atoms with Gasteiger partial charge in [-0.1, -0.05) is 0 Å². The number of amides is 1. The van der Waals surface area contributed by atoms with E-state index in [1.165, 1.54) is 4.90 Å². The van der Waals surface area contributed by atoms with Crippen molar-refractivity contribution in [2.75, 3.05) is 32.7 Å². The molecule has 0 spiro atoms. The van der Waals surface area contributed by atoms with E-state index in [1.54, 1.807) is 20.8 Å². The molecule has 4 heterocycles. The minimum Gasteiger partial charge on any atom is -0.481 e. The Labute approximate surface area is 148 Å². The summed E-state index contributed by atoms with van der Waals surface area (Å²) in [5, 5.41) is 21.6. The maximum Gasteiger partial charge on any atom is 0.410 e. The topological polar surface area (TPSA) is 90.3 Å². The molecule has 0 aromatic rings. The summed E-state index contributed by atoms with van der Waals surface area (Å²) in [6.45, 7) is 8.07. The highest BCUT2D eigenvalue weighted by Crippen LogP contribution is 2.50. The number of carbonyl (C=O) groups excluding carboxylic acids is 1. The molecule has 4 saturated heterocycles. The van der Waals surface area contributed by atoms with Gasteiger partial charge in [0.15, 0.2) is 0 Å². The third-order valence-electron chi connectivity index (χ3n) is 6.11. The number of hydrogen-bond acceptors (Lipinski definition) is 5. The molecule has 4 aliphatic rings. The lowest BCUT2D eigenvalue weighted by Crippen LogP contribution is -2.72. The first-order valence-electron chi connectivity index (χ1n) is 9.23. The molecule has 25 heavy (non-hydrogen) atoms. The van der Waals surface area contributed by atoms with E-state index < -0.39 is 28.7 Å². The Bertz CT molecular complexity index is 552. The van der Waals surface area contributed by atoms with Gasteiger partial charge in [-0.2, -0.15) is 0 Å². The summed E-state index contributed by atoms with van der Waals surface area (Å²) in [7, 11) is 0. The molecule has 0 aliphatic carbocycles. The molecule has 7 heteroatoms. The fourth-order valence-electron chi connectivity index (χ4n) is 4.83. The van der Waals surface area contributed by atoms with Gasteiger partial charge in [0, 0.05) is 19.6 Å². The SMILES string of the molecule is CC(C)(C)OC(=O)N1CCCC(C(=O)O)(C2(O)CN3CCC2CC3)C1. The van der Waals surface area contributed by atoms with Crippen LogP contribution in [0.15, 0.2) is 0 Å². The van der Waals surface area contributed by atoms with Crippen LogP contribution in [-0.4, -0.2) is 76.0 Å². The summed E-state index contributed by atoms with van der Waals surface area (Å²) < 4.78 is 5.43. The van der Waals surface area contributed by atoms with Crippen LogP contribution in [0.4, 0.5) is 4.79 Å². The number of piperidine rings is 4. The van der Waals surface area contributed by atoms with E-state index in [2.05, 4.69) is 4.90 Å². The second-order valence-corrected chi connectivity index (χ2v) is 8.87. The molecule has 4 fully saturated rings. The highest BCUT2D eigenvalue weighted by molar-refractivity contribution is 5.79. The third kappa shape index (κ3) is 3.12. The summed E-state index contributed by atoms with van der Waals surface area (Å²) in [6, 6.07) is 0. The van der Waals surface area contributed by atoms with Gasteiger partial charge in [0.25, 0.3) is 0 Å². The summed E-state index contributed by atoms with van der Waals surface area (Å²) in [5.41, 5.74) is -3.26. The van der Waals surface area contributed by atoms with Gasteiger partial charge in [0.2, 0.25) is 0 Å². The monoisotopic (exact) mass is 354 g/mol. The number of aliphatic hydroxyl groups is 1. The predicted octanol–water partition coefficient (Wildman–Crippen LogP) is 1.54. The highest BCUT2D eigenvalue weighted by Gasteiger charge is 2.64. The Morgan fingerprint density at radius 3 is 2.24 bits per heavy atom. The zero-order chi connectivity index (χ0) is 18.5. The molecule has 2 atom stereocenters. The van der Waals surface area contributed by atoms with Gasteiger partial charge in [-0.15, -0.1) is 0 Å². The highest BCUT2D eigenvalue weighted by atomic mass is 16.6. The number of hydrogen-bond donors (Lipinski definition) is 2. The summed E-state index contributed by atoms with van der Waals surface area (Å²) in [5.74, 6) is -1.02.